The number of hydrogen-bond acceptors (Lipinski definition) is 6. The van der Waals surface area contributed by atoms with Crippen LogP contribution in [0.1, 0.15) is 16.7 Å². The molecule has 3 N–H and O–H groups in total. The highest BCUT2D eigenvalue weighted by Crippen LogP contribution is 2.24. The van der Waals surface area contributed by atoms with Crippen LogP contribution in [-0.2, 0) is 0 Å². The SMILES string of the molecule is Cc1cc(Nc2ncc(F)c(Nc3ccc4oc(=O)[nH]c4c3)n2)cc(C)c1C. The number of aromatic nitrogens is 3. The average molecular weight is 379 g/mol. The third-order valence-electron chi connectivity index (χ3n) is 4.61. The lowest BCUT2D eigenvalue weighted by Crippen LogP contribution is -2.04. The van der Waals surface area contributed by atoms with E-state index in [0.717, 1.165) is 23.0 Å². The monoisotopic (exact) mass is 379 g/mol. The first-order valence-electron chi connectivity index (χ1n) is 8.66. The number of nitrogens with one attached hydrogen (secondary N) is 3. The normalized spacial score (nSPS) is 11.0. The molecular weight excluding hydrogens is 361 g/mol. The summed E-state index contributed by atoms with van der Waals surface area (Å²) in [5.74, 6) is -0.856. The van der Waals surface area contributed by atoms with Gasteiger partial charge in [-0.2, -0.15) is 4.98 Å². The molecule has 0 bridgehead atoms. The molecule has 0 aliphatic heterocycles. The summed E-state index contributed by atoms with van der Waals surface area (Å²) in [6.45, 7) is 6.12. The Balaban J connectivity index is 1.62. The Morgan fingerprint density at radius 2 is 1.79 bits per heavy atom. The zero-order valence-corrected chi connectivity index (χ0v) is 15.6. The van der Waals surface area contributed by atoms with Crippen LogP contribution in [0.3, 0.4) is 0 Å². The van der Waals surface area contributed by atoms with Crippen molar-refractivity contribution < 1.29 is 8.81 Å². The minimum Gasteiger partial charge on any atom is -0.408 e. The van der Waals surface area contributed by atoms with Gasteiger partial charge in [-0.1, -0.05) is 0 Å². The lowest BCUT2D eigenvalue weighted by atomic mass is 10.0. The molecule has 0 amide bonds. The Morgan fingerprint density at radius 3 is 2.54 bits per heavy atom. The van der Waals surface area contributed by atoms with Crippen LogP contribution in [0.25, 0.3) is 11.1 Å². The van der Waals surface area contributed by atoms with Crippen molar-refractivity contribution >= 4 is 34.2 Å². The highest BCUT2D eigenvalue weighted by atomic mass is 19.1. The second-order valence-electron chi connectivity index (χ2n) is 6.60. The molecular formula is C20H18FN5O2. The first-order chi connectivity index (χ1) is 13.4. The highest BCUT2D eigenvalue weighted by molar-refractivity contribution is 5.78. The van der Waals surface area contributed by atoms with E-state index in [4.69, 9.17) is 4.42 Å². The van der Waals surface area contributed by atoms with E-state index in [1.165, 1.54) is 5.56 Å². The molecule has 7 nitrogen and oxygen atoms in total. The second-order valence-corrected chi connectivity index (χ2v) is 6.60. The molecule has 0 unspecified atom stereocenters. The highest BCUT2D eigenvalue weighted by Gasteiger charge is 2.10. The summed E-state index contributed by atoms with van der Waals surface area (Å²) in [6, 6.07) is 8.91. The Kier molecular flexibility index (Phi) is 4.31. The van der Waals surface area contributed by atoms with Gasteiger partial charge < -0.3 is 15.1 Å². The van der Waals surface area contributed by atoms with Gasteiger partial charge in [-0.15, -0.1) is 0 Å². The largest absolute Gasteiger partial charge is 0.417 e. The molecule has 0 aliphatic rings. The summed E-state index contributed by atoms with van der Waals surface area (Å²) in [7, 11) is 0. The molecule has 0 radical (unpaired) electrons. The Bertz CT molecular complexity index is 1220. The third kappa shape index (κ3) is 3.44. The summed E-state index contributed by atoms with van der Waals surface area (Å²) < 4.78 is 19.2. The molecule has 4 rings (SSSR count). The predicted molar refractivity (Wildman–Crippen MR) is 106 cm³/mol. The number of aryl methyl sites for hydroxylation is 2. The molecule has 4 aromatic rings. The van der Waals surface area contributed by atoms with Crippen LogP contribution in [0.15, 0.2) is 45.7 Å². The zero-order chi connectivity index (χ0) is 19.8. The number of rotatable bonds is 4. The van der Waals surface area contributed by atoms with Crippen molar-refractivity contribution in [3.63, 3.8) is 0 Å². The van der Waals surface area contributed by atoms with Crippen molar-refractivity contribution in [2.24, 2.45) is 0 Å². The molecule has 8 heteroatoms. The van der Waals surface area contributed by atoms with Crippen LogP contribution in [0.5, 0.6) is 0 Å². The van der Waals surface area contributed by atoms with E-state index in [9.17, 15) is 9.18 Å². The number of H-pyrrole nitrogens is 1. The second kappa shape index (κ2) is 6.80. The predicted octanol–water partition coefficient (Wildman–Crippen LogP) is 4.46. The van der Waals surface area contributed by atoms with Crippen molar-refractivity contribution in [1.29, 1.82) is 0 Å². The minimum absolute atomic E-state index is 0.0169. The van der Waals surface area contributed by atoms with Crippen LogP contribution < -0.4 is 16.4 Å². The van der Waals surface area contributed by atoms with Gasteiger partial charge in [0.2, 0.25) is 5.95 Å². The first-order valence-corrected chi connectivity index (χ1v) is 8.66. The summed E-state index contributed by atoms with van der Waals surface area (Å²) in [6.07, 6.45) is 1.10. The zero-order valence-electron chi connectivity index (χ0n) is 15.6. The van der Waals surface area contributed by atoms with Crippen LogP contribution in [0.4, 0.5) is 27.5 Å². The van der Waals surface area contributed by atoms with Crippen molar-refractivity contribution in [2.75, 3.05) is 10.6 Å². The van der Waals surface area contributed by atoms with Crippen molar-refractivity contribution in [2.45, 2.75) is 20.8 Å². The van der Waals surface area contributed by atoms with Crippen LogP contribution in [-0.4, -0.2) is 15.0 Å². The topological polar surface area (TPSA) is 95.8 Å². The van der Waals surface area contributed by atoms with Crippen LogP contribution >= 0.6 is 0 Å². The number of fused-ring (bicyclic) bond motifs is 1. The fraction of sp³-hybridized carbons (Fsp3) is 0.150. The van der Waals surface area contributed by atoms with E-state index in [1.807, 2.05) is 26.0 Å². The number of oxazole rings is 1. The lowest BCUT2D eigenvalue weighted by Gasteiger charge is -2.12. The summed E-state index contributed by atoms with van der Waals surface area (Å²) in [5, 5.41) is 6.01. The van der Waals surface area contributed by atoms with Gasteiger partial charge in [0.1, 0.15) is 0 Å². The van der Waals surface area contributed by atoms with Gasteiger partial charge in [-0.25, -0.2) is 14.2 Å². The molecule has 2 aromatic heterocycles. The van der Waals surface area contributed by atoms with E-state index in [1.54, 1.807) is 18.2 Å². The van der Waals surface area contributed by atoms with Crippen LogP contribution in [0.2, 0.25) is 0 Å². The Hall–Kier alpha value is -3.68. The molecule has 0 fully saturated rings. The molecule has 0 spiro atoms. The molecule has 0 aliphatic carbocycles. The molecule has 142 valence electrons. The maximum Gasteiger partial charge on any atom is 0.417 e. The van der Waals surface area contributed by atoms with E-state index >= 15 is 0 Å². The van der Waals surface area contributed by atoms with E-state index in [0.29, 0.717) is 16.8 Å². The smallest absolute Gasteiger partial charge is 0.408 e. The average Bonchev–Trinajstić information content (AvgIpc) is 3.02. The molecule has 2 aromatic carbocycles. The molecule has 0 saturated carbocycles. The van der Waals surface area contributed by atoms with Gasteiger partial charge in [0, 0.05) is 11.4 Å². The number of nitrogens with zero attached hydrogens (tertiary/aromatic N) is 2. The summed E-state index contributed by atoms with van der Waals surface area (Å²) in [5.41, 5.74) is 5.82. The number of anilines is 4. The first kappa shape index (κ1) is 17.7. The van der Waals surface area contributed by atoms with E-state index in [2.05, 4.69) is 32.5 Å². The molecule has 0 saturated heterocycles. The Labute approximate surface area is 159 Å². The quantitative estimate of drug-likeness (QED) is 0.484. The fourth-order valence-electron chi connectivity index (χ4n) is 2.92. The number of hydrogen-bond donors (Lipinski definition) is 3. The van der Waals surface area contributed by atoms with Crippen LogP contribution in [0, 0.1) is 26.6 Å². The minimum atomic E-state index is -0.595. The van der Waals surface area contributed by atoms with E-state index in [-0.39, 0.29) is 11.8 Å². The maximum atomic E-state index is 14.2. The van der Waals surface area contributed by atoms with Crippen molar-refractivity contribution in [1.82, 2.24) is 15.0 Å². The standard InChI is InChI=1S/C20H18FN5O2/c1-10-6-14(7-11(2)12(10)3)24-19-22-9-15(21)18(26-19)23-13-4-5-17-16(8-13)25-20(27)28-17/h4-9H,1-3H3,(H,25,27)(H2,22,23,24,26). The van der Waals surface area contributed by atoms with Gasteiger partial charge in [-0.05, 0) is 67.8 Å². The molecule has 28 heavy (non-hydrogen) atoms. The van der Waals surface area contributed by atoms with Gasteiger partial charge in [0.15, 0.2) is 17.2 Å². The molecule has 0 atom stereocenters. The van der Waals surface area contributed by atoms with Gasteiger partial charge in [0.25, 0.3) is 0 Å². The van der Waals surface area contributed by atoms with Gasteiger partial charge in [-0.3, -0.25) is 4.98 Å². The van der Waals surface area contributed by atoms with Gasteiger partial charge in [0.05, 0.1) is 11.7 Å². The maximum absolute atomic E-state index is 14.2. The number of benzene rings is 2. The van der Waals surface area contributed by atoms with Crippen molar-refractivity contribution in [3.05, 3.63) is 69.6 Å². The third-order valence-corrected chi connectivity index (χ3v) is 4.61. The lowest BCUT2D eigenvalue weighted by molar-refractivity contribution is 0.555. The summed E-state index contributed by atoms with van der Waals surface area (Å²) in [4.78, 5) is 22.1. The number of aromatic amines is 1. The summed E-state index contributed by atoms with van der Waals surface area (Å²) >= 11 is 0. The van der Waals surface area contributed by atoms with Crippen molar-refractivity contribution in [3.8, 4) is 0 Å². The van der Waals surface area contributed by atoms with E-state index < -0.39 is 11.6 Å². The fourth-order valence-corrected chi connectivity index (χ4v) is 2.92. The molecule has 2 heterocycles. The number of halogens is 1. The van der Waals surface area contributed by atoms with Gasteiger partial charge >= 0.3 is 5.76 Å². The Morgan fingerprint density at radius 1 is 1.04 bits per heavy atom.